The summed E-state index contributed by atoms with van der Waals surface area (Å²) < 4.78 is 1.54. The Labute approximate surface area is 143 Å². The molecular weight excluding hydrogens is 380 g/mol. The summed E-state index contributed by atoms with van der Waals surface area (Å²) in [7, 11) is 0. The van der Waals surface area contributed by atoms with Gasteiger partial charge in [0.15, 0.2) is 4.96 Å². The number of carboxylic acids is 1. The van der Waals surface area contributed by atoms with Crippen LogP contribution in [0.4, 0.5) is 0 Å². The molecule has 116 valence electrons. The summed E-state index contributed by atoms with van der Waals surface area (Å²) in [5, 5.41) is 9.03. The summed E-state index contributed by atoms with van der Waals surface area (Å²) in [6.07, 6.45) is 4.88. The zero-order valence-corrected chi connectivity index (χ0v) is 14.4. The van der Waals surface area contributed by atoms with Crippen LogP contribution in [0.5, 0.6) is 0 Å². The van der Waals surface area contributed by atoms with Gasteiger partial charge in [-0.1, -0.05) is 47.2 Å². The number of aromatic carboxylic acids is 1. The van der Waals surface area contributed by atoms with Crippen LogP contribution in [0, 0.1) is 6.92 Å². The van der Waals surface area contributed by atoms with E-state index in [4.69, 9.17) is 5.11 Å². The van der Waals surface area contributed by atoms with E-state index >= 15 is 0 Å². The largest absolute Gasteiger partial charge is 0.477 e. The third kappa shape index (κ3) is 3.11. The molecule has 0 saturated carbocycles. The number of fused-ring (bicyclic) bond motifs is 1. The van der Waals surface area contributed by atoms with E-state index in [2.05, 4.69) is 20.9 Å². The number of aryl methyl sites for hydroxylation is 1. The molecule has 23 heavy (non-hydrogen) atoms. The molecule has 0 aliphatic rings. The summed E-state index contributed by atoms with van der Waals surface area (Å²) in [6.45, 7) is 2.01. The van der Waals surface area contributed by atoms with Crippen LogP contribution in [0.3, 0.4) is 0 Å². The summed E-state index contributed by atoms with van der Waals surface area (Å²) in [6, 6.07) is 7.94. The lowest BCUT2D eigenvalue weighted by molar-refractivity contribution is 0.0702. The molecule has 1 aromatic carbocycles. The molecule has 0 spiro atoms. The Morgan fingerprint density at radius 2 is 2.00 bits per heavy atom. The van der Waals surface area contributed by atoms with Crippen LogP contribution in [-0.2, 0) is 0 Å². The fraction of sp³-hybridized carbons (Fsp3) is 0.0625. The van der Waals surface area contributed by atoms with E-state index < -0.39 is 5.97 Å². The monoisotopic (exact) mass is 390 g/mol. The first-order chi connectivity index (χ1) is 11.0. The lowest BCUT2D eigenvalue weighted by atomic mass is 10.1. The van der Waals surface area contributed by atoms with E-state index in [0.29, 0.717) is 15.1 Å². The zero-order chi connectivity index (χ0) is 16.6. The summed E-state index contributed by atoms with van der Waals surface area (Å²) in [5.74, 6) is -1.08. The van der Waals surface area contributed by atoms with Crippen LogP contribution in [-0.4, -0.2) is 20.5 Å². The molecule has 0 amide bonds. The highest BCUT2D eigenvalue weighted by Crippen LogP contribution is 2.20. The number of hydrogen-bond donors (Lipinski definition) is 1. The second-order valence-electron chi connectivity index (χ2n) is 4.91. The van der Waals surface area contributed by atoms with Gasteiger partial charge in [-0.05, 0) is 34.5 Å². The Morgan fingerprint density at radius 1 is 1.30 bits per heavy atom. The predicted molar refractivity (Wildman–Crippen MR) is 94.1 cm³/mol. The number of benzene rings is 1. The number of carboxylic acid groups (broad SMARTS) is 1. The molecular formula is C16H11BrN2O3S. The van der Waals surface area contributed by atoms with Crippen molar-refractivity contribution in [3.05, 3.63) is 67.0 Å². The van der Waals surface area contributed by atoms with Gasteiger partial charge in [-0.25, -0.2) is 9.78 Å². The molecule has 7 heteroatoms. The molecule has 0 unspecified atom stereocenters. The van der Waals surface area contributed by atoms with Gasteiger partial charge in [0.2, 0.25) is 0 Å². The van der Waals surface area contributed by atoms with E-state index in [1.54, 1.807) is 6.08 Å². The predicted octanol–water partition coefficient (Wildman–Crippen LogP) is 3.70. The minimum absolute atomic E-state index is 0.0705. The molecule has 0 aliphatic carbocycles. The fourth-order valence-electron chi connectivity index (χ4n) is 2.00. The minimum atomic E-state index is -1.08. The Morgan fingerprint density at radius 3 is 2.65 bits per heavy atom. The Bertz CT molecular complexity index is 987. The third-order valence-corrected chi connectivity index (χ3v) is 4.94. The molecule has 0 bridgehead atoms. The van der Waals surface area contributed by atoms with Crippen molar-refractivity contribution in [3.8, 4) is 0 Å². The first kappa shape index (κ1) is 15.6. The van der Waals surface area contributed by atoms with Crippen molar-refractivity contribution < 1.29 is 9.90 Å². The van der Waals surface area contributed by atoms with E-state index in [1.165, 1.54) is 16.2 Å². The second kappa shape index (κ2) is 6.10. The molecule has 0 atom stereocenters. The highest BCUT2D eigenvalue weighted by Gasteiger charge is 2.14. The Hall–Kier alpha value is -2.25. The van der Waals surface area contributed by atoms with Gasteiger partial charge in [0.05, 0.1) is 5.69 Å². The Balaban J connectivity index is 2.07. The highest BCUT2D eigenvalue weighted by molar-refractivity contribution is 9.10. The molecule has 0 aliphatic heterocycles. The lowest BCUT2D eigenvalue weighted by Gasteiger charge is -1.99. The van der Waals surface area contributed by atoms with Gasteiger partial charge in [0.25, 0.3) is 5.56 Å². The van der Waals surface area contributed by atoms with Crippen molar-refractivity contribution in [3.63, 3.8) is 0 Å². The number of carbonyl (C=O) groups is 1. The molecule has 2 aromatic heterocycles. The normalized spacial score (nSPS) is 11.4. The van der Waals surface area contributed by atoms with Gasteiger partial charge < -0.3 is 5.11 Å². The molecule has 0 radical (unpaired) electrons. The maximum atomic E-state index is 12.3. The average Bonchev–Trinajstić information content (AvgIpc) is 2.95. The summed E-state index contributed by atoms with van der Waals surface area (Å²) >= 11 is 4.21. The van der Waals surface area contributed by atoms with Crippen molar-refractivity contribution in [2.75, 3.05) is 0 Å². The number of rotatable bonds is 3. The number of aromatic nitrogens is 2. The quantitative estimate of drug-likeness (QED) is 0.739. The van der Waals surface area contributed by atoms with Crippen LogP contribution >= 0.6 is 27.3 Å². The van der Waals surface area contributed by atoms with Crippen molar-refractivity contribution in [1.82, 2.24) is 9.38 Å². The van der Waals surface area contributed by atoms with Crippen LogP contribution in [0.2, 0.25) is 0 Å². The van der Waals surface area contributed by atoms with Crippen LogP contribution in [0.1, 0.15) is 26.5 Å². The van der Waals surface area contributed by atoms with E-state index in [-0.39, 0.29) is 10.4 Å². The van der Waals surface area contributed by atoms with Gasteiger partial charge >= 0.3 is 5.97 Å². The molecule has 1 N–H and O–H groups in total. The number of hydrogen-bond acceptors (Lipinski definition) is 4. The molecule has 3 aromatic rings. The molecule has 5 nitrogen and oxygen atoms in total. The zero-order valence-electron chi connectivity index (χ0n) is 12.0. The SMILES string of the molecule is Cc1ccc(C=Cc2nc3sc(C(=O)O)cn3c(=O)c2Br)cc1. The van der Waals surface area contributed by atoms with Crippen molar-refractivity contribution in [2.45, 2.75) is 6.92 Å². The molecule has 0 fully saturated rings. The first-order valence-electron chi connectivity index (χ1n) is 6.65. The average molecular weight is 391 g/mol. The molecule has 3 rings (SSSR count). The maximum Gasteiger partial charge on any atom is 0.347 e. The molecule has 0 saturated heterocycles. The number of halogens is 1. The fourth-order valence-corrected chi connectivity index (χ4v) is 3.23. The highest BCUT2D eigenvalue weighted by atomic mass is 79.9. The van der Waals surface area contributed by atoms with E-state index in [9.17, 15) is 9.59 Å². The Kier molecular flexibility index (Phi) is 4.14. The summed E-state index contributed by atoms with van der Waals surface area (Å²) in [4.78, 5) is 28.1. The minimum Gasteiger partial charge on any atom is -0.477 e. The standard InChI is InChI=1S/C16H11BrN2O3S/c1-9-2-4-10(5-3-9)6-7-11-13(17)14(20)19-8-12(15(21)22)23-16(19)18-11/h2-8H,1H3,(H,21,22). The summed E-state index contributed by atoms with van der Waals surface area (Å²) in [5.41, 5.74) is 2.29. The van der Waals surface area contributed by atoms with Gasteiger partial charge in [-0.3, -0.25) is 9.20 Å². The molecule has 2 heterocycles. The first-order valence-corrected chi connectivity index (χ1v) is 8.26. The lowest BCUT2D eigenvalue weighted by Crippen LogP contribution is -2.15. The topological polar surface area (TPSA) is 71.7 Å². The van der Waals surface area contributed by atoms with E-state index in [0.717, 1.165) is 16.9 Å². The second-order valence-corrected chi connectivity index (χ2v) is 6.72. The van der Waals surface area contributed by atoms with Gasteiger partial charge in [0.1, 0.15) is 9.35 Å². The van der Waals surface area contributed by atoms with E-state index in [1.807, 2.05) is 37.3 Å². The third-order valence-electron chi connectivity index (χ3n) is 3.22. The maximum absolute atomic E-state index is 12.3. The van der Waals surface area contributed by atoms with Crippen molar-refractivity contribution in [2.24, 2.45) is 0 Å². The number of thiazole rings is 1. The van der Waals surface area contributed by atoms with Gasteiger partial charge in [-0.15, -0.1) is 0 Å². The number of nitrogens with zero attached hydrogens (tertiary/aromatic N) is 2. The smallest absolute Gasteiger partial charge is 0.347 e. The van der Waals surface area contributed by atoms with Crippen molar-refractivity contribution >= 4 is 50.3 Å². The van der Waals surface area contributed by atoms with Crippen LogP contribution in [0.25, 0.3) is 17.1 Å². The van der Waals surface area contributed by atoms with Crippen LogP contribution < -0.4 is 5.56 Å². The van der Waals surface area contributed by atoms with Crippen molar-refractivity contribution in [1.29, 1.82) is 0 Å². The van der Waals surface area contributed by atoms with Gasteiger partial charge in [0, 0.05) is 6.20 Å². The van der Waals surface area contributed by atoms with Crippen LogP contribution in [0.15, 0.2) is 39.7 Å². The van der Waals surface area contributed by atoms with Gasteiger partial charge in [-0.2, -0.15) is 0 Å².